The Balaban J connectivity index is 1.50. The molecule has 0 unspecified atom stereocenters. The van der Waals surface area contributed by atoms with E-state index in [2.05, 4.69) is 28.1 Å². The molecule has 5 rings (SSSR count). The third-order valence-electron chi connectivity index (χ3n) is 6.36. The van der Waals surface area contributed by atoms with E-state index in [4.69, 9.17) is 10.5 Å². The minimum absolute atomic E-state index is 0.448. The number of carbonyl (C=O) groups is 1. The van der Waals surface area contributed by atoms with E-state index in [0.717, 1.165) is 28.2 Å². The number of nitrogen functional groups attached to an aromatic ring is 1. The first-order chi connectivity index (χ1) is 14.8. The Morgan fingerprint density at radius 2 is 1.77 bits per heavy atom. The zero-order chi connectivity index (χ0) is 21.8. The smallest absolute Gasteiger partial charge is 0.412 e. The number of ether oxygens (including phenoxy) is 1. The summed E-state index contributed by atoms with van der Waals surface area (Å²) in [5.41, 5.74) is 12.6. The molecule has 31 heavy (non-hydrogen) atoms. The Morgan fingerprint density at radius 3 is 2.35 bits per heavy atom. The molecule has 0 radical (unpaired) electrons. The lowest BCUT2D eigenvalue weighted by Gasteiger charge is -2.30. The predicted molar refractivity (Wildman–Crippen MR) is 127 cm³/mol. The van der Waals surface area contributed by atoms with Crippen molar-refractivity contribution in [3.05, 3.63) is 48.0 Å². The number of carbonyl (C=O) groups excluding carboxylic acids is 1. The third kappa shape index (κ3) is 3.89. The van der Waals surface area contributed by atoms with Gasteiger partial charge in [0.05, 0.1) is 16.9 Å². The molecular formula is C26H31N3O2. The second-order valence-electron chi connectivity index (χ2n) is 9.97. The average Bonchev–Trinajstić information content (AvgIpc) is 3.47. The van der Waals surface area contributed by atoms with E-state index >= 15 is 0 Å². The quantitative estimate of drug-likeness (QED) is 0.488. The SMILES string of the molecule is CC(C)(C)OC(=O)Nc1ccc(-c2c(N)c3ccc(C4CC4)cc3n2C2CCC2)cc1. The highest BCUT2D eigenvalue weighted by Crippen LogP contribution is 2.47. The van der Waals surface area contributed by atoms with Gasteiger partial charge in [-0.15, -0.1) is 0 Å². The maximum absolute atomic E-state index is 12.1. The van der Waals surface area contributed by atoms with Crippen LogP contribution in [-0.4, -0.2) is 16.3 Å². The fourth-order valence-corrected chi connectivity index (χ4v) is 4.48. The van der Waals surface area contributed by atoms with Gasteiger partial charge in [-0.25, -0.2) is 4.79 Å². The van der Waals surface area contributed by atoms with Gasteiger partial charge in [-0.2, -0.15) is 0 Å². The molecule has 0 atom stereocenters. The average molecular weight is 418 g/mol. The molecular weight excluding hydrogens is 386 g/mol. The lowest BCUT2D eigenvalue weighted by molar-refractivity contribution is 0.0636. The van der Waals surface area contributed by atoms with Crippen molar-refractivity contribution in [2.24, 2.45) is 0 Å². The summed E-state index contributed by atoms with van der Waals surface area (Å²) < 4.78 is 7.82. The molecule has 3 N–H and O–H groups in total. The number of nitrogens with zero attached hydrogens (tertiary/aromatic N) is 1. The molecule has 0 spiro atoms. The number of aromatic nitrogens is 1. The van der Waals surface area contributed by atoms with Crippen molar-refractivity contribution in [1.82, 2.24) is 4.57 Å². The fourth-order valence-electron chi connectivity index (χ4n) is 4.48. The zero-order valence-corrected chi connectivity index (χ0v) is 18.6. The maximum Gasteiger partial charge on any atom is 0.412 e. The summed E-state index contributed by atoms with van der Waals surface area (Å²) in [6.07, 6.45) is 5.81. The minimum Gasteiger partial charge on any atom is -0.444 e. The lowest BCUT2D eigenvalue weighted by Crippen LogP contribution is -2.27. The number of benzene rings is 2. The summed E-state index contributed by atoms with van der Waals surface area (Å²) >= 11 is 0. The summed E-state index contributed by atoms with van der Waals surface area (Å²) in [5, 5.41) is 3.95. The van der Waals surface area contributed by atoms with Crippen LogP contribution >= 0.6 is 0 Å². The van der Waals surface area contributed by atoms with Gasteiger partial charge in [-0.3, -0.25) is 5.32 Å². The molecule has 2 aromatic carbocycles. The van der Waals surface area contributed by atoms with E-state index < -0.39 is 11.7 Å². The topological polar surface area (TPSA) is 69.3 Å². The fraction of sp³-hybridized carbons (Fsp3) is 0.423. The Labute approximate surface area is 183 Å². The zero-order valence-electron chi connectivity index (χ0n) is 18.6. The minimum atomic E-state index is -0.526. The van der Waals surface area contributed by atoms with Gasteiger partial charge in [0.15, 0.2) is 0 Å². The Morgan fingerprint density at radius 1 is 1.06 bits per heavy atom. The normalized spacial score (nSPS) is 16.9. The van der Waals surface area contributed by atoms with E-state index in [9.17, 15) is 4.79 Å². The monoisotopic (exact) mass is 417 g/mol. The van der Waals surface area contributed by atoms with Crippen LogP contribution in [0.4, 0.5) is 16.2 Å². The summed E-state index contributed by atoms with van der Waals surface area (Å²) in [6.45, 7) is 5.56. The summed E-state index contributed by atoms with van der Waals surface area (Å²) in [6, 6.07) is 15.2. The first-order valence-electron chi connectivity index (χ1n) is 11.3. The highest BCUT2D eigenvalue weighted by atomic mass is 16.6. The molecule has 2 saturated carbocycles. The van der Waals surface area contributed by atoms with Gasteiger partial charge in [0, 0.05) is 22.7 Å². The van der Waals surface area contributed by atoms with Gasteiger partial charge in [-0.05, 0) is 82.6 Å². The van der Waals surface area contributed by atoms with Crippen LogP contribution in [0.1, 0.15) is 70.4 Å². The van der Waals surface area contributed by atoms with Crippen LogP contribution in [0, 0.1) is 0 Å². The van der Waals surface area contributed by atoms with Crippen molar-refractivity contribution >= 4 is 28.4 Å². The van der Waals surface area contributed by atoms with Crippen LogP contribution in [0.3, 0.4) is 0 Å². The highest BCUT2D eigenvalue weighted by Gasteiger charge is 2.29. The summed E-state index contributed by atoms with van der Waals surface area (Å²) in [7, 11) is 0. The molecule has 0 saturated heterocycles. The van der Waals surface area contributed by atoms with Crippen LogP contribution in [0.2, 0.25) is 0 Å². The Bertz CT molecular complexity index is 1130. The van der Waals surface area contributed by atoms with Crippen LogP contribution in [0.5, 0.6) is 0 Å². The molecule has 5 nitrogen and oxygen atoms in total. The number of nitrogens with two attached hydrogens (primary N) is 1. The van der Waals surface area contributed by atoms with Crippen LogP contribution in [-0.2, 0) is 4.74 Å². The molecule has 5 heteroatoms. The molecule has 3 aromatic rings. The maximum atomic E-state index is 12.1. The van der Waals surface area contributed by atoms with Gasteiger partial charge in [0.2, 0.25) is 0 Å². The van der Waals surface area contributed by atoms with Crippen LogP contribution in [0.25, 0.3) is 22.2 Å². The Kier molecular flexibility index (Phi) is 4.72. The Hall–Kier alpha value is -2.95. The number of amides is 1. The van der Waals surface area contributed by atoms with Crippen molar-refractivity contribution in [1.29, 1.82) is 0 Å². The standard InChI is InChI=1S/C26H31N3O2/c1-26(2,3)31-25(30)28-19-12-9-17(10-13-19)24-23(27)21-14-11-18(16-7-8-16)15-22(21)29(24)20-5-4-6-20/h9-16,20H,4-8,27H2,1-3H3,(H,28,30). The predicted octanol–water partition coefficient (Wildman–Crippen LogP) is 6.84. The molecule has 0 bridgehead atoms. The number of hydrogen-bond acceptors (Lipinski definition) is 3. The second-order valence-corrected chi connectivity index (χ2v) is 9.97. The van der Waals surface area contributed by atoms with Gasteiger partial charge < -0.3 is 15.0 Å². The van der Waals surface area contributed by atoms with E-state index in [-0.39, 0.29) is 0 Å². The molecule has 2 aliphatic rings. The third-order valence-corrected chi connectivity index (χ3v) is 6.36. The molecule has 1 amide bonds. The molecule has 1 heterocycles. The molecule has 162 valence electrons. The van der Waals surface area contributed by atoms with E-state index in [1.54, 1.807) is 0 Å². The number of fused-ring (bicyclic) bond motifs is 1. The van der Waals surface area contributed by atoms with Crippen molar-refractivity contribution in [2.45, 2.75) is 70.4 Å². The lowest BCUT2D eigenvalue weighted by atomic mass is 9.92. The van der Waals surface area contributed by atoms with E-state index in [1.807, 2.05) is 45.0 Å². The van der Waals surface area contributed by atoms with Gasteiger partial charge in [0.1, 0.15) is 5.60 Å². The molecule has 0 aliphatic heterocycles. The number of hydrogen-bond donors (Lipinski definition) is 2. The van der Waals surface area contributed by atoms with Crippen molar-refractivity contribution in [2.75, 3.05) is 11.1 Å². The molecule has 1 aromatic heterocycles. The van der Waals surface area contributed by atoms with E-state index in [0.29, 0.717) is 11.7 Å². The van der Waals surface area contributed by atoms with Crippen LogP contribution in [0.15, 0.2) is 42.5 Å². The number of anilines is 2. The largest absolute Gasteiger partial charge is 0.444 e. The van der Waals surface area contributed by atoms with Crippen molar-refractivity contribution in [3.8, 4) is 11.3 Å². The first-order valence-corrected chi connectivity index (χ1v) is 11.3. The number of nitrogens with one attached hydrogen (secondary N) is 1. The highest BCUT2D eigenvalue weighted by molar-refractivity contribution is 6.01. The first kappa shape index (κ1) is 20.0. The van der Waals surface area contributed by atoms with E-state index in [1.165, 1.54) is 43.2 Å². The molecule has 2 aliphatic carbocycles. The van der Waals surface area contributed by atoms with Crippen molar-refractivity contribution in [3.63, 3.8) is 0 Å². The summed E-state index contributed by atoms with van der Waals surface area (Å²) in [5.74, 6) is 0.719. The van der Waals surface area contributed by atoms with Crippen molar-refractivity contribution < 1.29 is 9.53 Å². The van der Waals surface area contributed by atoms with Gasteiger partial charge >= 0.3 is 6.09 Å². The van der Waals surface area contributed by atoms with Gasteiger partial charge in [-0.1, -0.05) is 24.3 Å². The molecule has 2 fully saturated rings. The van der Waals surface area contributed by atoms with Crippen LogP contribution < -0.4 is 11.1 Å². The summed E-state index contributed by atoms with van der Waals surface area (Å²) in [4.78, 5) is 12.1. The second kappa shape index (κ2) is 7.33. The van der Waals surface area contributed by atoms with Gasteiger partial charge in [0.25, 0.3) is 0 Å². The number of rotatable bonds is 4.